The fourth-order valence-corrected chi connectivity index (χ4v) is 4.18. The number of benzene rings is 3. The lowest BCUT2D eigenvalue weighted by atomic mass is 9.98. The maximum Gasteiger partial charge on any atom is 0.254 e. The Morgan fingerprint density at radius 1 is 0.893 bits per heavy atom. The fourth-order valence-electron chi connectivity index (χ4n) is 4.18. The number of amides is 1. The lowest BCUT2D eigenvalue weighted by molar-refractivity contribution is 0.0734. The molecule has 0 N–H and O–H groups in total. The quantitative estimate of drug-likeness (QED) is 0.534. The second kappa shape index (κ2) is 6.34. The summed E-state index contributed by atoms with van der Waals surface area (Å²) in [6.07, 6.45) is 0.820. The third kappa shape index (κ3) is 2.53. The smallest absolute Gasteiger partial charge is 0.254 e. The monoisotopic (exact) mass is 369 g/mol. The van der Waals surface area contributed by atoms with E-state index in [9.17, 15) is 9.59 Å². The van der Waals surface area contributed by atoms with Crippen molar-refractivity contribution in [2.75, 3.05) is 13.7 Å². The number of nitrogens with zero attached hydrogens (tertiary/aromatic N) is 1. The van der Waals surface area contributed by atoms with Gasteiger partial charge in [-0.25, -0.2) is 0 Å². The van der Waals surface area contributed by atoms with Gasteiger partial charge in [-0.3, -0.25) is 9.59 Å². The minimum absolute atomic E-state index is 0.00558. The molecule has 1 aliphatic heterocycles. The summed E-state index contributed by atoms with van der Waals surface area (Å²) in [6.45, 7) is 1.22. The Balaban J connectivity index is 1.45. The first-order chi connectivity index (χ1) is 13.7. The van der Waals surface area contributed by atoms with Crippen molar-refractivity contribution in [3.63, 3.8) is 0 Å². The normalized spacial score (nSPS) is 14.3. The minimum atomic E-state index is -0.0416. The van der Waals surface area contributed by atoms with Gasteiger partial charge in [0.15, 0.2) is 5.78 Å². The largest absolute Gasteiger partial charge is 0.497 e. The Bertz CT molecular complexity index is 1130. The Hall–Kier alpha value is -3.40. The van der Waals surface area contributed by atoms with Crippen LogP contribution < -0.4 is 4.74 Å². The molecule has 0 saturated carbocycles. The highest BCUT2D eigenvalue weighted by Gasteiger charge is 2.28. The molecule has 0 aromatic heterocycles. The van der Waals surface area contributed by atoms with Crippen molar-refractivity contribution in [2.45, 2.75) is 13.0 Å². The molecular weight excluding hydrogens is 350 g/mol. The minimum Gasteiger partial charge on any atom is -0.497 e. The first kappa shape index (κ1) is 16.8. The fraction of sp³-hybridized carbons (Fsp3) is 0.167. The predicted molar refractivity (Wildman–Crippen MR) is 107 cm³/mol. The standard InChI is InChI=1S/C24H19NO3/c1-28-18-8-6-15-10-11-25(14-17(15)12-18)24(27)16-7-9-20-19-4-2-3-5-21(19)23(26)22(20)13-16/h2-9,12-13H,10-11,14H2,1H3. The molecule has 4 heteroatoms. The topological polar surface area (TPSA) is 46.6 Å². The molecule has 1 heterocycles. The van der Waals surface area contributed by atoms with Gasteiger partial charge in [0.05, 0.1) is 7.11 Å². The average molecular weight is 369 g/mol. The first-order valence-corrected chi connectivity index (χ1v) is 9.39. The van der Waals surface area contributed by atoms with Crippen molar-refractivity contribution in [3.05, 3.63) is 88.5 Å². The zero-order valence-corrected chi connectivity index (χ0v) is 15.6. The number of ketones is 1. The zero-order chi connectivity index (χ0) is 19.3. The molecule has 0 radical (unpaired) electrons. The van der Waals surface area contributed by atoms with Crippen LogP contribution in [0.1, 0.15) is 37.4 Å². The summed E-state index contributed by atoms with van der Waals surface area (Å²) in [7, 11) is 1.65. The molecule has 138 valence electrons. The highest BCUT2D eigenvalue weighted by atomic mass is 16.5. The van der Waals surface area contributed by atoms with Gasteiger partial charge in [0.2, 0.25) is 0 Å². The maximum absolute atomic E-state index is 13.1. The van der Waals surface area contributed by atoms with Gasteiger partial charge in [-0.2, -0.15) is 0 Å². The molecule has 0 fully saturated rings. The van der Waals surface area contributed by atoms with E-state index in [1.165, 1.54) is 5.56 Å². The number of fused-ring (bicyclic) bond motifs is 4. The maximum atomic E-state index is 13.1. The van der Waals surface area contributed by atoms with E-state index in [4.69, 9.17) is 4.74 Å². The predicted octanol–water partition coefficient (Wildman–Crippen LogP) is 4.11. The van der Waals surface area contributed by atoms with Crippen LogP contribution in [0.25, 0.3) is 11.1 Å². The molecule has 3 aromatic rings. The number of ether oxygens (including phenoxy) is 1. The van der Waals surface area contributed by atoms with Crippen LogP contribution in [-0.4, -0.2) is 30.2 Å². The summed E-state index contributed by atoms with van der Waals surface area (Å²) in [6, 6.07) is 19.1. The molecule has 0 atom stereocenters. The van der Waals surface area contributed by atoms with Gasteiger partial charge < -0.3 is 9.64 Å². The van der Waals surface area contributed by atoms with Crippen molar-refractivity contribution in [2.24, 2.45) is 0 Å². The van der Waals surface area contributed by atoms with Gasteiger partial charge in [-0.1, -0.05) is 36.4 Å². The van der Waals surface area contributed by atoms with E-state index in [1.54, 1.807) is 13.2 Å². The lowest BCUT2D eigenvalue weighted by Crippen LogP contribution is -2.36. The summed E-state index contributed by atoms with van der Waals surface area (Å²) in [5.41, 5.74) is 6.11. The molecule has 3 aromatic carbocycles. The van der Waals surface area contributed by atoms with Crippen LogP contribution in [0, 0.1) is 0 Å². The number of methoxy groups -OCH3 is 1. The Morgan fingerprint density at radius 3 is 2.50 bits per heavy atom. The van der Waals surface area contributed by atoms with Gasteiger partial charge in [0.1, 0.15) is 5.75 Å². The van der Waals surface area contributed by atoms with Crippen LogP contribution in [0.2, 0.25) is 0 Å². The number of rotatable bonds is 2. The van der Waals surface area contributed by atoms with Crippen LogP contribution in [0.5, 0.6) is 5.75 Å². The number of carbonyl (C=O) groups is 2. The molecule has 1 aliphatic carbocycles. The van der Waals surface area contributed by atoms with Crippen LogP contribution in [0.15, 0.2) is 60.7 Å². The molecular formula is C24H19NO3. The van der Waals surface area contributed by atoms with E-state index >= 15 is 0 Å². The van der Waals surface area contributed by atoms with E-state index in [0.29, 0.717) is 29.8 Å². The van der Waals surface area contributed by atoms with Crippen LogP contribution in [-0.2, 0) is 13.0 Å². The number of hydrogen-bond acceptors (Lipinski definition) is 3. The van der Waals surface area contributed by atoms with Gasteiger partial charge in [0, 0.05) is 29.8 Å². The molecule has 0 spiro atoms. The summed E-state index contributed by atoms with van der Waals surface area (Å²) in [5, 5.41) is 0. The van der Waals surface area contributed by atoms with E-state index in [0.717, 1.165) is 28.9 Å². The molecule has 2 aliphatic rings. The van der Waals surface area contributed by atoms with Crippen molar-refractivity contribution in [1.29, 1.82) is 0 Å². The third-order valence-corrected chi connectivity index (χ3v) is 5.69. The molecule has 4 nitrogen and oxygen atoms in total. The second-order valence-electron chi connectivity index (χ2n) is 7.25. The number of carbonyl (C=O) groups excluding carboxylic acids is 2. The highest BCUT2D eigenvalue weighted by molar-refractivity contribution is 6.22. The third-order valence-electron chi connectivity index (χ3n) is 5.69. The molecule has 28 heavy (non-hydrogen) atoms. The molecule has 1 amide bonds. The van der Waals surface area contributed by atoms with Crippen molar-refractivity contribution in [3.8, 4) is 16.9 Å². The van der Waals surface area contributed by atoms with E-state index in [-0.39, 0.29) is 11.7 Å². The lowest BCUT2D eigenvalue weighted by Gasteiger charge is -2.29. The number of hydrogen-bond donors (Lipinski definition) is 0. The van der Waals surface area contributed by atoms with E-state index < -0.39 is 0 Å². The molecule has 0 bridgehead atoms. The second-order valence-corrected chi connectivity index (χ2v) is 7.25. The van der Waals surface area contributed by atoms with Gasteiger partial charge >= 0.3 is 0 Å². The van der Waals surface area contributed by atoms with Crippen molar-refractivity contribution >= 4 is 11.7 Å². The highest BCUT2D eigenvalue weighted by Crippen LogP contribution is 2.37. The Morgan fingerprint density at radius 2 is 1.68 bits per heavy atom. The van der Waals surface area contributed by atoms with Crippen LogP contribution in [0.3, 0.4) is 0 Å². The SMILES string of the molecule is COc1ccc2c(c1)CN(C(=O)c1ccc3c(c1)C(=O)c1ccccc1-3)CC2. The zero-order valence-electron chi connectivity index (χ0n) is 15.6. The van der Waals surface area contributed by atoms with Crippen LogP contribution >= 0.6 is 0 Å². The Kier molecular flexibility index (Phi) is 3.79. The van der Waals surface area contributed by atoms with Gasteiger partial charge in [-0.15, -0.1) is 0 Å². The molecule has 0 saturated heterocycles. The summed E-state index contributed by atoms with van der Waals surface area (Å²) in [4.78, 5) is 27.7. The van der Waals surface area contributed by atoms with E-state index in [2.05, 4.69) is 6.07 Å². The van der Waals surface area contributed by atoms with Crippen molar-refractivity contribution in [1.82, 2.24) is 4.90 Å². The molecule has 0 unspecified atom stereocenters. The average Bonchev–Trinajstić information content (AvgIpc) is 3.04. The summed E-state index contributed by atoms with van der Waals surface area (Å²) in [5.74, 6) is 0.753. The van der Waals surface area contributed by atoms with Gasteiger partial charge in [-0.05, 0) is 52.9 Å². The van der Waals surface area contributed by atoms with Gasteiger partial charge in [0.25, 0.3) is 5.91 Å². The van der Waals surface area contributed by atoms with E-state index in [1.807, 2.05) is 53.4 Å². The van der Waals surface area contributed by atoms with Crippen LogP contribution in [0.4, 0.5) is 0 Å². The summed E-state index contributed by atoms with van der Waals surface area (Å²) < 4.78 is 5.31. The first-order valence-electron chi connectivity index (χ1n) is 9.39. The molecule has 5 rings (SSSR count). The van der Waals surface area contributed by atoms with Crippen molar-refractivity contribution < 1.29 is 14.3 Å². The Labute approximate surface area is 163 Å². The summed E-state index contributed by atoms with van der Waals surface area (Å²) >= 11 is 0.